The Hall–Kier alpha value is -2.82. The summed E-state index contributed by atoms with van der Waals surface area (Å²) in [7, 11) is 1.49. The zero-order valence-electron chi connectivity index (χ0n) is 18.7. The van der Waals surface area contributed by atoms with Crippen LogP contribution in [0.5, 0.6) is 28.7 Å². The Kier molecular flexibility index (Phi) is 8.17. The minimum absolute atomic E-state index is 0.00239. The Morgan fingerprint density at radius 1 is 0.909 bits per heavy atom. The van der Waals surface area contributed by atoms with Crippen LogP contribution in [-0.2, 0) is 14.1 Å². The number of ether oxygens (including phenoxy) is 4. The Balaban J connectivity index is 2.06. The van der Waals surface area contributed by atoms with Gasteiger partial charge in [0, 0.05) is 16.5 Å². The number of phosphoric acid groups is 1. The van der Waals surface area contributed by atoms with E-state index in [-0.39, 0.29) is 18.1 Å². The van der Waals surface area contributed by atoms with Crippen molar-refractivity contribution in [1.82, 2.24) is 4.37 Å². The second kappa shape index (κ2) is 10.9. The lowest BCUT2D eigenvalue weighted by Gasteiger charge is -2.16. The van der Waals surface area contributed by atoms with Crippen molar-refractivity contribution in [1.29, 1.82) is 0 Å². The molecule has 0 amide bonds. The van der Waals surface area contributed by atoms with Crippen LogP contribution in [0.4, 0.5) is 0 Å². The minimum Gasteiger partial charge on any atom is -0.493 e. The molecule has 1 unspecified atom stereocenters. The lowest BCUT2D eigenvalue weighted by molar-refractivity contribution is -0.216. The van der Waals surface area contributed by atoms with Gasteiger partial charge in [-0.25, -0.2) is 9.45 Å². The molecule has 1 atom stereocenters. The van der Waals surface area contributed by atoms with Crippen LogP contribution in [-0.4, -0.2) is 44.3 Å². The molecule has 0 aliphatic carbocycles. The summed E-state index contributed by atoms with van der Waals surface area (Å²) < 4.78 is 47.9. The van der Waals surface area contributed by atoms with Crippen LogP contribution in [0.25, 0.3) is 22.4 Å². The summed E-state index contributed by atoms with van der Waals surface area (Å²) in [4.78, 5) is 14.5. The van der Waals surface area contributed by atoms with Gasteiger partial charge in [-0.05, 0) is 48.3 Å². The first-order chi connectivity index (χ1) is 15.9. The van der Waals surface area contributed by atoms with Crippen molar-refractivity contribution in [2.24, 2.45) is 0 Å². The average Bonchev–Trinajstić information content (AvgIpc) is 3.31. The Morgan fingerprint density at radius 3 is 2.12 bits per heavy atom. The summed E-state index contributed by atoms with van der Waals surface area (Å²) in [6.45, 7) is 1.68. The van der Waals surface area contributed by atoms with Gasteiger partial charge >= 0.3 is 7.82 Å². The zero-order valence-corrected chi connectivity index (χ0v) is 20.4. The molecule has 1 aromatic heterocycles. The van der Waals surface area contributed by atoms with Gasteiger partial charge < -0.3 is 23.5 Å². The SMILES string of the molecule is CCOOP(=O)(O)Oc1cc(-c2csnc2-c2cc(OC)c(OC)c(OC)c2)ccc1OC. The lowest BCUT2D eigenvalue weighted by atomic mass is 10.0. The zero-order chi connectivity index (χ0) is 24.0. The summed E-state index contributed by atoms with van der Waals surface area (Å²) in [5.74, 6) is 1.68. The number of nitrogens with zero attached hydrogens (tertiary/aromatic N) is 1. The highest BCUT2D eigenvalue weighted by Gasteiger charge is 2.27. The van der Waals surface area contributed by atoms with E-state index in [0.717, 1.165) is 11.1 Å². The maximum absolute atomic E-state index is 12.2. The quantitative estimate of drug-likeness (QED) is 0.221. The number of hydrogen-bond donors (Lipinski definition) is 1. The smallest absolute Gasteiger partial charge is 0.493 e. The Labute approximate surface area is 195 Å². The first-order valence-corrected chi connectivity index (χ1v) is 12.0. The fraction of sp³-hybridized carbons (Fsp3) is 0.286. The summed E-state index contributed by atoms with van der Waals surface area (Å²) >= 11 is 1.25. The third-order valence-electron chi connectivity index (χ3n) is 4.46. The summed E-state index contributed by atoms with van der Waals surface area (Å²) in [5.41, 5.74) is 2.79. The molecule has 3 rings (SSSR count). The molecule has 0 aliphatic heterocycles. The van der Waals surface area contributed by atoms with E-state index in [0.29, 0.717) is 28.5 Å². The van der Waals surface area contributed by atoms with Crippen molar-refractivity contribution in [2.75, 3.05) is 35.0 Å². The van der Waals surface area contributed by atoms with E-state index < -0.39 is 7.82 Å². The van der Waals surface area contributed by atoms with Gasteiger partial charge in [0.2, 0.25) is 5.75 Å². The second-order valence-electron chi connectivity index (χ2n) is 6.40. The molecule has 0 radical (unpaired) electrons. The molecule has 10 nitrogen and oxygen atoms in total. The summed E-state index contributed by atoms with van der Waals surface area (Å²) in [6.07, 6.45) is 0. The van der Waals surface area contributed by atoms with Crippen LogP contribution in [0, 0.1) is 0 Å². The van der Waals surface area contributed by atoms with Gasteiger partial charge in [0.25, 0.3) is 0 Å². The topological polar surface area (TPSA) is 115 Å². The number of aromatic nitrogens is 1. The second-order valence-corrected chi connectivity index (χ2v) is 8.30. The number of hydrogen-bond acceptors (Lipinski definition) is 10. The third-order valence-corrected chi connectivity index (χ3v) is 5.81. The van der Waals surface area contributed by atoms with Gasteiger partial charge in [0.15, 0.2) is 23.0 Å². The average molecular weight is 497 g/mol. The van der Waals surface area contributed by atoms with Crippen molar-refractivity contribution in [3.63, 3.8) is 0 Å². The van der Waals surface area contributed by atoms with Crippen LogP contribution >= 0.6 is 19.4 Å². The van der Waals surface area contributed by atoms with E-state index in [1.807, 2.05) is 5.38 Å². The van der Waals surface area contributed by atoms with Crippen LogP contribution < -0.4 is 23.5 Å². The predicted molar refractivity (Wildman–Crippen MR) is 122 cm³/mol. The van der Waals surface area contributed by atoms with Crippen molar-refractivity contribution < 1.29 is 42.5 Å². The molecule has 178 valence electrons. The van der Waals surface area contributed by atoms with Crippen molar-refractivity contribution in [3.8, 4) is 51.1 Å². The molecule has 1 heterocycles. The number of benzene rings is 2. The largest absolute Gasteiger partial charge is 0.555 e. The highest BCUT2D eigenvalue weighted by molar-refractivity contribution is 7.47. The highest BCUT2D eigenvalue weighted by Crippen LogP contribution is 2.49. The van der Waals surface area contributed by atoms with E-state index >= 15 is 0 Å². The Bertz CT molecular complexity index is 1130. The number of rotatable bonds is 11. The highest BCUT2D eigenvalue weighted by atomic mass is 32.1. The van der Waals surface area contributed by atoms with Crippen LogP contribution in [0.2, 0.25) is 0 Å². The van der Waals surface area contributed by atoms with Crippen molar-refractivity contribution in [3.05, 3.63) is 35.7 Å². The van der Waals surface area contributed by atoms with Gasteiger partial charge in [-0.1, -0.05) is 6.07 Å². The molecule has 33 heavy (non-hydrogen) atoms. The maximum Gasteiger partial charge on any atom is 0.555 e. The number of methoxy groups -OCH3 is 4. The molecule has 1 N–H and O–H groups in total. The molecule has 0 aliphatic rings. The maximum atomic E-state index is 12.2. The van der Waals surface area contributed by atoms with Gasteiger partial charge in [-0.3, -0.25) is 4.89 Å². The van der Waals surface area contributed by atoms with Crippen molar-refractivity contribution >= 4 is 19.4 Å². The van der Waals surface area contributed by atoms with E-state index in [1.165, 1.54) is 40.0 Å². The van der Waals surface area contributed by atoms with E-state index in [2.05, 4.69) is 13.9 Å². The lowest BCUT2D eigenvalue weighted by Crippen LogP contribution is -2.00. The molecule has 0 bridgehead atoms. The van der Waals surface area contributed by atoms with Gasteiger partial charge in [-0.2, -0.15) is 4.37 Å². The molecular weight excluding hydrogens is 473 g/mol. The minimum atomic E-state index is -4.53. The third kappa shape index (κ3) is 5.58. The first kappa shape index (κ1) is 24.8. The van der Waals surface area contributed by atoms with E-state index in [9.17, 15) is 9.46 Å². The molecule has 3 aromatic rings. The van der Waals surface area contributed by atoms with Crippen LogP contribution in [0.1, 0.15) is 6.92 Å². The molecule has 0 saturated heterocycles. The monoisotopic (exact) mass is 497 g/mol. The van der Waals surface area contributed by atoms with Gasteiger partial charge in [0.1, 0.15) is 0 Å². The molecule has 12 heteroatoms. The van der Waals surface area contributed by atoms with Crippen molar-refractivity contribution in [2.45, 2.75) is 6.92 Å². The molecule has 0 saturated carbocycles. The van der Waals surface area contributed by atoms with Gasteiger partial charge in [-0.15, -0.1) is 4.67 Å². The molecule has 0 fully saturated rings. The van der Waals surface area contributed by atoms with Crippen LogP contribution in [0.15, 0.2) is 35.7 Å². The Morgan fingerprint density at radius 2 is 1.55 bits per heavy atom. The molecule has 2 aromatic carbocycles. The van der Waals surface area contributed by atoms with Gasteiger partial charge in [0.05, 0.1) is 40.7 Å². The van der Waals surface area contributed by atoms with E-state index in [1.54, 1.807) is 37.3 Å². The summed E-state index contributed by atoms with van der Waals surface area (Å²) in [5, 5.41) is 1.85. The van der Waals surface area contributed by atoms with E-state index in [4.69, 9.17) is 23.5 Å². The van der Waals surface area contributed by atoms with Crippen LogP contribution in [0.3, 0.4) is 0 Å². The molecular formula is C21H24NO9PS. The predicted octanol–water partition coefficient (Wildman–Crippen LogP) is 4.96. The fourth-order valence-electron chi connectivity index (χ4n) is 3.04. The normalized spacial score (nSPS) is 12.7. The standard InChI is InChI=1S/C21H24NO9PS/c1-6-29-31-32(23,24)30-17-9-13(7-8-16(17)25-2)15-12-33-22-20(15)14-10-18(26-3)21(28-5)19(11-14)27-4/h7-12H,6H2,1-5H3,(H,23,24). The number of phosphoric ester groups is 1. The first-order valence-electron chi connectivity index (χ1n) is 9.64. The summed E-state index contributed by atoms with van der Waals surface area (Å²) in [6, 6.07) is 8.53. The molecule has 0 spiro atoms. The fourth-order valence-corrected chi connectivity index (χ4v) is 4.42.